The van der Waals surface area contributed by atoms with Crippen molar-refractivity contribution in [2.45, 2.75) is 5.92 Å². The van der Waals surface area contributed by atoms with E-state index in [0.29, 0.717) is 13.1 Å². The minimum atomic E-state index is -0.367. The van der Waals surface area contributed by atoms with Gasteiger partial charge in [-0.05, 0) is 11.1 Å². The van der Waals surface area contributed by atoms with Crippen molar-refractivity contribution in [3.63, 3.8) is 0 Å². The van der Waals surface area contributed by atoms with Gasteiger partial charge in [-0.2, -0.15) is 0 Å². The van der Waals surface area contributed by atoms with E-state index >= 15 is 0 Å². The number of hydrogen-bond acceptors (Lipinski definition) is 2. The summed E-state index contributed by atoms with van der Waals surface area (Å²) in [7, 11) is 1.77. The summed E-state index contributed by atoms with van der Waals surface area (Å²) in [6, 6.07) is 19.5. The number of rotatable bonds is 3. The third-order valence-electron chi connectivity index (χ3n) is 4.28. The van der Waals surface area contributed by atoms with Crippen molar-refractivity contribution in [1.29, 1.82) is 0 Å². The van der Waals surface area contributed by atoms with E-state index in [1.54, 1.807) is 16.8 Å². The molecule has 0 saturated carbocycles. The number of hydrogen-bond donors (Lipinski definition) is 0. The molecule has 1 heterocycles. The van der Waals surface area contributed by atoms with Crippen LogP contribution in [0.15, 0.2) is 60.7 Å². The summed E-state index contributed by atoms with van der Waals surface area (Å²) >= 11 is 0. The number of nitrogens with zero attached hydrogens (tertiary/aromatic N) is 2. The van der Waals surface area contributed by atoms with E-state index < -0.39 is 0 Å². The van der Waals surface area contributed by atoms with Gasteiger partial charge in [-0.25, -0.2) is 0 Å². The zero-order chi connectivity index (χ0) is 16.2. The molecule has 0 radical (unpaired) electrons. The third kappa shape index (κ3) is 3.26. The van der Waals surface area contributed by atoms with Crippen molar-refractivity contribution in [3.05, 3.63) is 71.8 Å². The molecular weight excluding hydrogens is 288 g/mol. The van der Waals surface area contributed by atoms with Gasteiger partial charge in [0.25, 0.3) is 0 Å². The maximum absolute atomic E-state index is 13.1. The molecule has 23 heavy (non-hydrogen) atoms. The Bertz CT molecular complexity index is 646. The first-order valence-corrected chi connectivity index (χ1v) is 7.79. The molecule has 0 bridgehead atoms. The zero-order valence-corrected chi connectivity index (χ0v) is 13.2. The lowest BCUT2D eigenvalue weighted by atomic mass is 9.90. The summed E-state index contributed by atoms with van der Waals surface area (Å²) in [6.45, 7) is 1.32. The first-order valence-electron chi connectivity index (χ1n) is 7.79. The summed E-state index contributed by atoms with van der Waals surface area (Å²) in [4.78, 5) is 28.4. The number of likely N-dealkylation sites (N-methyl/N-ethyl adjacent to an activating group) is 1. The van der Waals surface area contributed by atoms with Crippen molar-refractivity contribution in [3.8, 4) is 0 Å². The molecule has 0 atom stereocenters. The fourth-order valence-corrected chi connectivity index (χ4v) is 2.90. The van der Waals surface area contributed by atoms with Crippen LogP contribution in [0.4, 0.5) is 0 Å². The summed E-state index contributed by atoms with van der Waals surface area (Å²) in [5, 5.41) is 0. The lowest BCUT2D eigenvalue weighted by Gasteiger charge is -2.34. The van der Waals surface area contributed by atoms with E-state index in [1.165, 1.54) is 0 Å². The molecule has 0 aromatic heterocycles. The average molecular weight is 308 g/mol. The van der Waals surface area contributed by atoms with E-state index in [-0.39, 0.29) is 24.3 Å². The molecule has 2 aromatic carbocycles. The lowest BCUT2D eigenvalue weighted by Crippen LogP contribution is -2.51. The fraction of sp³-hybridized carbons (Fsp3) is 0.263. The molecule has 0 aliphatic carbocycles. The monoisotopic (exact) mass is 308 g/mol. The molecule has 1 saturated heterocycles. The molecule has 1 aliphatic heterocycles. The SMILES string of the molecule is CN1CCN(C(=O)C(c2ccccc2)c2ccccc2)CC1=O. The Morgan fingerprint density at radius 1 is 0.913 bits per heavy atom. The number of carbonyl (C=O) groups is 2. The van der Waals surface area contributed by atoms with Crippen molar-refractivity contribution in [2.24, 2.45) is 0 Å². The fourth-order valence-electron chi connectivity index (χ4n) is 2.90. The number of carbonyl (C=O) groups excluding carboxylic acids is 2. The molecule has 118 valence electrons. The Balaban J connectivity index is 1.93. The van der Waals surface area contributed by atoms with Gasteiger partial charge in [0.15, 0.2) is 0 Å². The van der Waals surface area contributed by atoms with Crippen LogP contribution < -0.4 is 0 Å². The van der Waals surface area contributed by atoms with Crippen molar-refractivity contribution < 1.29 is 9.59 Å². The van der Waals surface area contributed by atoms with Gasteiger partial charge in [-0.3, -0.25) is 9.59 Å². The number of piperazine rings is 1. The first kappa shape index (κ1) is 15.3. The van der Waals surface area contributed by atoms with Crippen LogP contribution in [-0.2, 0) is 9.59 Å². The van der Waals surface area contributed by atoms with E-state index in [0.717, 1.165) is 11.1 Å². The topological polar surface area (TPSA) is 40.6 Å². The van der Waals surface area contributed by atoms with Gasteiger partial charge in [-0.15, -0.1) is 0 Å². The molecule has 2 aromatic rings. The standard InChI is InChI=1S/C19H20N2O2/c1-20-12-13-21(14-17(20)22)19(23)18(15-8-4-2-5-9-15)16-10-6-3-7-11-16/h2-11,18H,12-14H2,1H3. The van der Waals surface area contributed by atoms with Crippen LogP contribution >= 0.6 is 0 Å². The van der Waals surface area contributed by atoms with Gasteiger partial charge in [0.2, 0.25) is 11.8 Å². The van der Waals surface area contributed by atoms with Crippen LogP contribution in [-0.4, -0.2) is 48.3 Å². The maximum atomic E-state index is 13.1. The van der Waals surface area contributed by atoms with Gasteiger partial charge in [0, 0.05) is 20.1 Å². The van der Waals surface area contributed by atoms with Crippen LogP contribution in [0.5, 0.6) is 0 Å². The Morgan fingerprint density at radius 3 is 1.91 bits per heavy atom. The van der Waals surface area contributed by atoms with Crippen LogP contribution in [0.2, 0.25) is 0 Å². The minimum absolute atomic E-state index is 0.00975. The third-order valence-corrected chi connectivity index (χ3v) is 4.28. The zero-order valence-electron chi connectivity index (χ0n) is 13.2. The summed E-state index contributed by atoms with van der Waals surface area (Å²) in [5.41, 5.74) is 1.91. The van der Waals surface area contributed by atoms with Crippen LogP contribution in [0, 0.1) is 0 Å². The van der Waals surface area contributed by atoms with Crippen molar-refractivity contribution in [2.75, 3.05) is 26.7 Å². The molecule has 1 aliphatic rings. The predicted octanol–water partition coefficient (Wildman–Crippen LogP) is 2.12. The normalized spacial score (nSPS) is 15.1. The van der Waals surface area contributed by atoms with Gasteiger partial charge in [0.1, 0.15) is 0 Å². The smallest absolute Gasteiger partial charge is 0.241 e. The lowest BCUT2D eigenvalue weighted by molar-refractivity contribution is -0.144. The summed E-state index contributed by atoms with van der Waals surface area (Å²) in [6.07, 6.45) is 0. The molecule has 3 rings (SSSR count). The summed E-state index contributed by atoms with van der Waals surface area (Å²) in [5.74, 6) is -0.387. The predicted molar refractivity (Wildman–Crippen MR) is 88.9 cm³/mol. The average Bonchev–Trinajstić information content (AvgIpc) is 2.59. The van der Waals surface area contributed by atoms with Gasteiger partial charge < -0.3 is 9.80 Å². The molecule has 1 fully saturated rings. The molecule has 2 amide bonds. The first-order chi connectivity index (χ1) is 11.2. The maximum Gasteiger partial charge on any atom is 0.241 e. The van der Waals surface area contributed by atoms with Crippen LogP contribution in [0.1, 0.15) is 17.0 Å². The largest absolute Gasteiger partial charge is 0.342 e. The van der Waals surface area contributed by atoms with E-state index in [9.17, 15) is 9.59 Å². The highest BCUT2D eigenvalue weighted by Gasteiger charge is 2.31. The van der Waals surface area contributed by atoms with Gasteiger partial charge in [-0.1, -0.05) is 60.7 Å². The molecule has 4 heteroatoms. The van der Waals surface area contributed by atoms with Gasteiger partial charge in [0.05, 0.1) is 12.5 Å². The Hall–Kier alpha value is -2.62. The highest BCUT2D eigenvalue weighted by Crippen LogP contribution is 2.27. The van der Waals surface area contributed by atoms with E-state index in [1.807, 2.05) is 60.7 Å². The molecule has 0 N–H and O–H groups in total. The summed E-state index contributed by atoms with van der Waals surface area (Å²) < 4.78 is 0. The van der Waals surface area contributed by atoms with Crippen molar-refractivity contribution >= 4 is 11.8 Å². The van der Waals surface area contributed by atoms with E-state index in [4.69, 9.17) is 0 Å². The van der Waals surface area contributed by atoms with Crippen molar-refractivity contribution in [1.82, 2.24) is 9.80 Å². The molecule has 0 unspecified atom stereocenters. The quantitative estimate of drug-likeness (QED) is 0.871. The molecule has 0 spiro atoms. The second-order valence-electron chi connectivity index (χ2n) is 5.83. The van der Waals surface area contributed by atoms with Crippen LogP contribution in [0.3, 0.4) is 0 Å². The van der Waals surface area contributed by atoms with Crippen LogP contribution in [0.25, 0.3) is 0 Å². The second-order valence-corrected chi connectivity index (χ2v) is 5.83. The molecule has 4 nitrogen and oxygen atoms in total. The Morgan fingerprint density at radius 2 is 1.43 bits per heavy atom. The van der Waals surface area contributed by atoms with E-state index in [2.05, 4.69) is 0 Å². The second kappa shape index (κ2) is 6.65. The number of amides is 2. The van der Waals surface area contributed by atoms with Gasteiger partial charge >= 0.3 is 0 Å². The Kier molecular flexibility index (Phi) is 4.42. The highest BCUT2D eigenvalue weighted by atomic mass is 16.2. The molecular formula is C19H20N2O2. The Labute approximate surface area is 136 Å². The highest BCUT2D eigenvalue weighted by molar-refractivity contribution is 5.91. The number of benzene rings is 2. The minimum Gasteiger partial charge on any atom is -0.342 e.